The first-order valence-corrected chi connectivity index (χ1v) is 8.01. The van der Waals surface area contributed by atoms with Gasteiger partial charge in [-0.1, -0.05) is 18.2 Å². The quantitative estimate of drug-likeness (QED) is 0.864. The van der Waals surface area contributed by atoms with Crippen molar-refractivity contribution in [3.63, 3.8) is 0 Å². The molecule has 1 aromatic carbocycles. The molecular weight excluding hydrogens is 314 g/mol. The SMILES string of the molecule is C=O.COC.COCNS(=O)(=O)c1cc2ccccc2s1. The van der Waals surface area contributed by atoms with Gasteiger partial charge in [-0.3, -0.25) is 0 Å². The molecule has 0 spiro atoms. The predicted molar refractivity (Wildman–Crippen MR) is 84.1 cm³/mol. The van der Waals surface area contributed by atoms with Crippen molar-refractivity contribution in [3.05, 3.63) is 30.3 Å². The van der Waals surface area contributed by atoms with Gasteiger partial charge in [0.2, 0.25) is 0 Å². The summed E-state index contributed by atoms with van der Waals surface area (Å²) in [6.45, 7) is 1.98. The van der Waals surface area contributed by atoms with Crippen LogP contribution in [0.5, 0.6) is 0 Å². The first kappa shape index (κ1) is 19.7. The van der Waals surface area contributed by atoms with Crippen LogP contribution in [-0.2, 0) is 24.3 Å². The van der Waals surface area contributed by atoms with E-state index in [2.05, 4.69) is 14.2 Å². The molecule has 1 aromatic heterocycles. The number of thiophene rings is 1. The van der Waals surface area contributed by atoms with E-state index in [0.717, 1.165) is 10.1 Å². The van der Waals surface area contributed by atoms with E-state index in [1.165, 1.54) is 18.4 Å². The Morgan fingerprint density at radius 2 is 1.76 bits per heavy atom. The maximum atomic E-state index is 11.8. The van der Waals surface area contributed by atoms with Crippen LogP contribution < -0.4 is 4.72 Å². The Labute approximate surface area is 128 Å². The van der Waals surface area contributed by atoms with Crippen molar-refractivity contribution in [2.45, 2.75) is 4.21 Å². The highest BCUT2D eigenvalue weighted by Gasteiger charge is 2.16. The Bertz CT molecular complexity index is 591. The lowest BCUT2D eigenvalue weighted by atomic mass is 10.3. The highest BCUT2D eigenvalue weighted by atomic mass is 32.2. The maximum Gasteiger partial charge on any atom is 0.252 e. The smallest absolute Gasteiger partial charge is 0.252 e. The fourth-order valence-electron chi connectivity index (χ4n) is 1.30. The Balaban J connectivity index is 0.000000713. The van der Waals surface area contributed by atoms with Crippen LogP contribution in [0.3, 0.4) is 0 Å². The molecule has 0 aliphatic rings. The number of hydrogen-bond donors (Lipinski definition) is 1. The average Bonchev–Trinajstić information content (AvgIpc) is 2.93. The van der Waals surface area contributed by atoms with Gasteiger partial charge in [-0.25, -0.2) is 8.42 Å². The summed E-state index contributed by atoms with van der Waals surface area (Å²) in [5.74, 6) is 0. The fraction of sp³-hybridized carbons (Fsp3) is 0.308. The van der Waals surface area contributed by atoms with Crippen LogP contribution in [0, 0.1) is 0 Å². The summed E-state index contributed by atoms with van der Waals surface area (Å²) in [5.41, 5.74) is 0. The Hall–Kier alpha value is -1.32. The second kappa shape index (κ2) is 10.4. The zero-order valence-corrected chi connectivity index (χ0v) is 13.8. The molecule has 0 aliphatic heterocycles. The van der Waals surface area contributed by atoms with Crippen LogP contribution in [0.4, 0.5) is 0 Å². The van der Waals surface area contributed by atoms with Crippen molar-refractivity contribution in [1.82, 2.24) is 4.72 Å². The van der Waals surface area contributed by atoms with Crippen molar-refractivity contribution >= 4 is 38.2 Å². The third-order valence-corrected chi connectivity index (χ3v) is 5.03. The van der Waals surface area contributed by atoms with Gasteiger partial charge in [0.25, 0.3) is 10.0 Å². The molecule has 1 N–H and O–H groups in total. The van der Waals surface area contributed by atoms with Gasteiger partial charge in [0.05, 0.1) is 0 Å². The summed E-state index contributed by atoms with van der Waals surface area (Å²) in [4.78, 5) is 8.00. The first-order chi connectivity index (χ1) is 10.0. The van der Waals surface area contributed by atoms with Crippen LogP contribution in [0.15, 0.2) is 34.5 Å². The minimum absolute atomic E-state index is 0.0173. The third-order valence-electron chi connectivity index (χ3n) is 2.06. The lowest BCUT2D eigenvalue weighted by Gasteiger charge is -2.01. The molecule has 0 fully saturated rings. The first-order valence-electron chi connectivity index (χ1n) is 5.71. The number of sulfonamides is 1. The molecule has 0 bridgehead atoms. The summed E-state index contributed by atoms with van der Waals surface area (Å²) in [6, 6.07) is 9.22. The minimum Gasteiger partial charge on any atom is -0.388 e. The van der Waals surface area contributed by atoms with Gasteiger partial charge in [-0.2, -0.15) is 4.72 Å². The molecule has 2 rings (SSSR count). The van der Waals surface area contributed by atoms with E-state index in [1.807, 2.05) is 31.1 Å². The van der Waals surface area contributed by atoms with Gasteiger partial charge < -0.3 is 14.3 Å². The van der Waals surface area contributed by atoms with Gasteiger partial charge in [0.15, 0.2) is 0 Å². The molecule has 0 amide bonds. The highest BCUT2D eigenvalue weighted by molar-refractivity contribution is 7.91. The Morgan fingerprint density at radius 3 is 2.29 bits per heavy atom. The number of methoxy groups -OCH3 is 2. The number of carbonyl (C=O) groups is 1. The lowest BCUT2D eigenvalue weighted by molar-refractivity contribution is -0.0979. The standard InChI is InChI=1S/C10H11NO3S2.C2H6O.CH2O/c1-14-7-11-16(12,13)10-6-8-4-2-3-5-9(8)15-10;1-3-2;1-2/h2-6,11H,7H2,1H3;1-2H3;1H2. The molecule has 0 unspecified atom stereocenters. The van der Waals surface area contributed by atoms with E-state index in [-0.39, 0.29) is 6.73 Å². The van der Waals surface area contributed by atoms with Crippen molar-refractivity contribution in [3.8, 4) is 0 Å². The molecule has 118 valence electrons. The number of rotatable bonds is 4. The second-order valence-corrected chi connectivity index (χ2v) is 6.67. The van der Waals surface area contributed by atoms with Crippen LogP contribution in [0.25, 0.3) is 10.1 Å². The molecule has 0 aliphatic carbocycles. The summed E-state index contributed by atoms with van der Waals surface area (Å²) in [7, 11) is 1.25. The molecule has 0 saturated carbocycles. The van der Waals surface area contributed by atoms with Gasteiger partial charge in [-0.05, 0) is 17.5 Å². The van der Waals surface area contributed by atoms with Crippen molar-refractivity contribution in [2.75, 3.05) is 28.1 Å². The van der Waals surface area contributed by atoms with Crippen LogP contribution in [0.1, 0.15) is 0 Å². The number of ether oxygens (including phenoxy) is 2. The molecule has 8 heteroatoms. The summed E-state index contributed by atoms with van der Waals surface area (Å²) in [6.07, 6.45) is 0. The van der Waals surface area contributed by atoms with E-state index in [9.17, 15) is 8.42 Å². The number of fused-ring (bicyclic) bond motifs is 1. The van der Waals surface area contributed by atoms with Crippen molar-refractivity contribution in [1.29, 1.82) is 0 Å². The largest absolute Gasteiger partial charge is 0.388 e. The highest BCUT2D eigenvalue weighted by Crippen LogP contribution is 2.28. The van der Waals surface area contributed by atoms with E-state index >= 15 is 0 Å². The van der Waals surface area contributed by atoms with Gasteiger partial charge >= 0.3 is 0 Å². The third kappa shape index (κ3) is 6.32. The van der Waals surface area contributed by atoms with E-state index < -0.39 is 10.0 Å². The summed E-state index contributed by atoms with van der Waals surface area (Å²) in [5, 5.41) is 0.935. The predicted octanol–water partition coefficient (Wildman–Crippen LogP) is 1.86. The molecule has 0 saturated heterocycles. The van der Waals surface area contributed by atoms with E-state index in [4.69, 9.17) is 4.79 Å². The van der Waals surface area contributed by atoms with Gasteiger partial charge in [0, 0.05) is 26.0 Å². The molecule has 0 atom stereocenters. The number of carbonyl (C=O) groups excluding carboxylic acids is 1. The monoisotopic (exact) mass is 333 g/mol. The number of benzene rings is 1. The van der Waals surface area contributed by atoms with Crippen molar-refractivity contribution < 1.29 is 22.7 Å². The minimum atomic E-state index is -3.44. The molecule has 21 heavy (non-hydrogen) atoms. The Morgan fingerprint density at radius 1 is 1.19 bits per heavy atom. The second-order valence-electron chi connectivity index (χ2n) is 3.59. The van der Waals surface area contributed by atoms with Crippen LogP contribution in [0.2, 0.25) is 0 Å². The zero-order valence-electron chi connectivity index (χ0n) is 12.2. The van der Waals surface area contributed by atoms with Crippen LogP contribution >= 0.6 is 11.3 Å². The molecular formula is C13H19NO5S2. The van der Waals surface area contributed by atoms with Crippen LogP contribution in [-0.4, -0.2) is 43.3 Å². The molecule has 0 radical (unpaired) electrons. The molecule has 6 nitrogen and oxygen atoms in total. The van der Waals surface area contributed by atoms with Gasteiger partial charge in [-0.15, -0.1) is 11.3 Å². The lowest BCUT2D eigenvalue weighted by Crippen LogP contribution is -2.24. The zero-order chi connectivity index (χ0) is 16.3. The maximum absolute atomic E-state index is 11.8. The number of nitrogens with one attached hydrogen (secondary N) is 1. The summed E-state index contributed by atoms with van der Waals surface area (Å²) >= 11 is 1.25. The average molecular weight is 333 g/mol. The fourth-order valence-corrected chi connectivity index (χ4v) is 3.67. The molecule has 2 aromatic rings. The topological polar surface area (TPSA) is 81.7 Å². The van der Waals surface area contributed by atoms with E-state index in [0.29, 0.717) is 4.21 Å². The Kier molecular flexibility index (Phi) is 9.76. The number of hydrogen-bond acceptors (Lipinski definition) is 6. The summed E-state index contributed by atoms with van der Waals surface area (Å²) < 4.78 is 36.1. The van der Waals surface area contributed by atoms with Crippen molar-refractivity contribution in [2.24, 2.45) is 0 Å². The van der Waals surface area contributed by atoms with E-state index in [1.54, 1.807) is 20.3 Å². The normalized spacial score (nSPS) is 10.2. The molecule has 1 heterocycles. The van der Waals surface area contributed by atoms with Gasteiger partial charge in [0.1, 0.15) is 17.7 Å².